The van der Waals surface area contributed by atoms with Gasteiger partial charge in [0.05, 0.1) is 6.67 Å². The third kappa shape index (κ3) is 1.86. The van der Waals surface area contributed by atoms with Crippen molar-refractivity contribution in [2.45, 2.75) is 0 Å². The van der Waals surface area contributed by atoms with Crippen molar-refractivity contribution < 1.29 is 0 Å². The number of hydrogen-bond donors (Lipinski definition) is 2. The lowest BCUT2D eigenvalue weighted by Gasteiger charge is -2.17. The molecule has 3 aromatic heterocycles. The van der Waals surface area contributed by atoms with Gasteiger partial charge in [0, 0.05) is 28.2 Å². The summed E-state index contributed by atoms with van der Waals surface area (Å²) >= 11 is 0. The van der Waals surface area contributed by atoms with Gasteiger partial charge < -0.3 is 9.47 Å². The molecule has 26 heavy (non-hydrogen) atoms. The van der Waals surface area contributed by atoms with E-state index in [1.165, 1.54) is 18.7 Å². The van der Waals surface area contributed by atoms with Crippen molar-refractivity contribution in [3.63, 3.8) is 0 Å². The minimum Gasteiger partial charge on any atom is -0.349 e. The van der Waals surface area contributed by atoms with Gasteiger partial charge in [0.2, 0.25) is 5.95 Å². The van der Waals surface area contributed by atoms with Crippen molar-refractivity contribution in [1.29, 1.82) is 0 Å². The van der Waals surface area contributed by atoms with E-state index in [9.17, 15) is 19.2 Å². The normalized spacial score (nSPS) is 13.7. The van der Waals surface area contributed by atoms with Crippen LogP contribution in [0.15, 0.2) is 19.2 Å². The van der Waals surface area contributed by atoms with Gasteiger partial charge in [0.25, 0.3) is 11.1 Å². The summed E-state index contributed by atoms with van der Waals surface area (Å²) in [6.45, 7) is 0.240. The van der Waals surface area contributed by atoms with E-state index in [0.717, 1.165) is 4.57 Å². The highest BCUT2D eigenvalue weighted by Crippen LogP contribution is 2.34. The molecule has 12 heteroatoms. The van der Waals surface area contributed by atoms with Crippen LogP contribution >= 0.6 is 0 Å². The first-order valence-corrected chi connectivity index (χ1v) is 7.70. The molecule has 1 aliphatic heterocycles. The zero-order chi connectivity index (χ0) is 18.9. The number of aromatic amines is 2. The van der Waals surface area contributed by atoms with Crippen LogP contribution in [0.4, 0.5) is 17.5 Å². The average molecular weight is 360 g/mol. The van der Waals surface area contributed by atoms with Crippen LogP contribution in [0.2, 0.25) is 0 Å². The minimum absolute atomic E-state index is 0.221. The lowest BCUT2D eigenvalue weighted by molar-refractivity contribution is 0.705. The maximum atomic E-state index is 12.5. The van der Waals surface area contributed by atoms with Crippen LogP contribution < -0.4 is 32.3 Å². The van der Waals surface area contributed by atoms with Crippen LogP contribution in [0.25, 0.3) is 11.2 Å². The van der Waals surface area contributed by atoms with Gasteiger partial charge >= 0.3 is 11.4 Å². The molecular formula is C14H16N8O4. The number of rotatable bonds is 1. The molecule has 0 saturated carbocycles. The maximum absolute atomic E-state index is 12.5. The monoisotopic (exact) mass is 360 g/mol. The van der Waals surface area contributed by atoms with E-state index in [4.69, 9.17) is 0 Å². The van der Waals surface area contributed by atoms with E-state index >= 15 is 0 Å². The summed E-state index contributed by atoms with van der Waals surface area (Å²) in [5.41, 5.74) is -1.37. The molecule has 2 N–H and O–H groups in total. The lowest BCUT2D eigenvalue weighted by atomic mass is 10.4. The molecular weight excluding hydrogens is 344 g/mol. The van der Waals surface area contributed by atoms with Gasteiger partial charge in [-0.25, -0.2) is 9.59 Å². The zero-order valence-corrected chi connectivity index (χ0v) is 14.5. The second-order valence-corrected chi connectivity index (χ2v) is 6.22. The number of anilines is 3. The first kappa shape index (κ1) is 15.9. The lowest BCUT2D eigenvalue weighted by Crippen LogP contribution is -2.37. The van der Waals surface area contributed by atoms with Crippen LogP contribution in [0.5, 0.6) is 0 Å². The van der Waals surface area contributed by atoms with Crippen molar-refractivity contribution in [2.75, 3.05) is 23.5 Å². The Bertz CT molecular complexity index is 1300. The molecule has 0 bridgehead atoms. The van der Waals surface area contributed by atoms with Gasteiger partial charge in [-0.3, -0.25) is 33.6 Å². The van der Waals surface area contributed by atoms with Crippen LogP contribution in [-0.4, -0.2) is 42.4 Å². The molecule has 0 amide bonds. The zero-order valence-electron chi connectivity index (χ0n) is 14.5. The van der Waals surface area contributed by atoms with Gasteiger partial charge in [0.1, 0.15) is 11.5 Å². The molecule has 4 rings (SSSR count). The number of aromatic nitrogens is 6. The van der Waals surface area contributed by atoms with Crippen LogP contribution in [-0.2, 0) is 21.1 Å². The van der Waals surface area contributed by atoms with E-state index in [0.29, 0.717) is 11.6 Å². The Labute approximate surface area is 144 Å². The molecule has 0 radical (unpaired) electrons. The number of aryl methyl sites for hydroxylation is 2. The molecule has 0 fully saturated rings. The summed E-state index contributed by atoms with van der Waals surface area (Å²) in [4.78, 5) is 60.9. The van der Waals surface area contributed by atoms with E-state index in [1.807, 2.05) is 0 Å². The van der Waals surface area contributed by atoms with Gasteiger partial charge in [-0.1, -0.05) is 0 Å². The second-order valence-electron chi connectivity index (χ2n) is 6.22. The Kier molecular flexibility index (Phi) is 3.04. The van der Waals surface area contributed by atoms with Gasteiger partial charge in [0.15, 0.2) is 11.2 Å². The van der Waals surface area contributed by atoms with Gasteiger partial charge in [-0.15, -0.1) is 0 Å². The topological polar surface area (TPSA) is 134 Å². The predicted molar refractivity (Wildman–Crippen MR) is 94.3 cm³/mol. The minimum atomic E-state index is -0.642. The molecule has 0 spiro atoms. The number of nitrogens with one attached hydrogen (secondary N) is 2. The SMILES string of the molecule is CN1CN(c2nc3c(c(=O)n(C)c(=O)n3C)n2C)c2[nH]c(=O)[nH]c(=O)c21. The number of fused-ring (bicyclic) bond motifs is 2. The van der Waals surface area contributed by atoms with Gasteiger partial charge in [-0.2, -0.15) is 4.98 Å². The molecule has 12 nitrogen and oxygen atoms in total. The van der Waals surface area contributed by atoms with E-state index in [-0.39, 0.29) is 23.7 Å². The van der Waals surface area contributed by atoms with Crippen molar-refractivity contribution in [2.24, 2.45) is 21.1 Å². The van der Waals surface area contributed by atoms with Crippen LogP contribution in [0.1, 0.15) is 0 Å². The fourth-order valence-corrected chi connectivity index (χ4v) is 3.28. The number of imidazole rings is 1. The third-order valence-corrected chi connectivity index (χ3v) is 4.60. The molecule has 1 aliphatic rings. The summed E-state index contributed by atoms with van der Waals surface area (Å²) < 4.78 is 3.82. The number of nitrogens with zero attached hydrogens (tertiary/aromatic N) is 6. The van der Waals surface area contributed by atoms with Crippen molar-refractivity contribution in [3.8, 4) is 0 Å². The second kappa shape index (κ2) is 4.97. The molecule has 0 saturated heterocycles. The Balaban J connectivity index is 2.06. The molecule has 0 atom stereocenters. The summed E-state index contributed by atoms with van der Waals surface area (Å²) in [5.74, 6) is 0.603. The molecule has 136 valence electrons. The summed E-state index contributed by atoms with van der Waals surface area (Å²) in [7, 11) is 6.26. The quantitative estimate of drug-likeness (QED) is 0.507. The maximum Gasteiger partial charge on any atom is 0.332 e. The molecule has 4 heterocycles. The highest BCUT2D eigenvalue weighted by molar-refractivity contribution is 5.81. The molecule has 3 aromatic rings. The summed E-state index contributed by atoms with van der Waals surface area (Å²) in [6.07, 6.45) is 0. The largest absolute Gasteiger partial charge is 0.349 e. The summed E-state index contributed by atoms with van der Waals surface area (Å²) in [6, 6.07) is 0. The third-order valence-electron chi connectivity index (χ3n) is 4.60. The first-order valence-electron chi connectivity index (χ1n) is 7.70. The van der Waals surface area contributed by atoms with E-state index in [2.05, 4.69) is 15.0 Å². The fraction of sp³-hybridized carbons (Fsp3) is 0.357. The van der Waals surface area contributed by atoms with Crippen molar-refractivity contribution in [3.05, 3.63) is 41.7 Å². The highest BCUT2D eigenvalue weighted by atomic mass is 16.2. The number of H-pyrrole nitrogens is 2. The summed E-state index contributed by atoms with van der Waals surface area (Å²) in [5, 5.41) is 0. The van der Waals surface area contributed by atoms with Crippen LogP contribution in [0, 0.1) is 0 Å². The predicted octanol–water partition coefficient (Wildman–Crippen LogP) is -2.11. The fourth-order valence-electron chi connectivity index (χ4n) is 3.28. The van der Waals surface area contributed by atoms with Crippen LogP contribution in [0.3, 0.4) is 0 Å². The van der Waals surface area contributed by atoms with E-state index < -0.39 is 22.5 Å². The average Bonchev–Trinajstić information content (AvgIpc) is 3.08. The highest BCUT2D eigenvalue weighted by Gasteiger charge is 2.32. The Morgan fingerprint density at radius 1 is 0.923 bits per heavy atom. The molecule has 0 unspecified atom stereocenters. The first-order chi connectivity index (χ1) is 12.2. The molecule has 0 aromatic carbocycles. The Hall–Kier alpha value is -3.57. The van der Waals surface area contributed by atoms with Crippen molar-refractivity contribution >= 4 is 28.6 Å². The van der Waals surface area contributed by atoms with Gasteiger partial charge in [-0.05, 0) is 0 Å². The van der Waals surface area contributed by atoms with Crippen molar-refractivity contribution in [1.82, 2.24) is 28.7 Å². The molecule has 0 aliphatic carbocycles. The number of hydrogen-bond acceptors (Lipinski definition) is 7. The van der Waals surface area contributed by atoms with E-state index in [1.54, 1.807) is 28.5 Å². The Morgan fingerprint density at radius 3 is 2.31 bits per heavy atom. The smallest absolute Gasteiger partial charge is 0.332 e. The Morgan fingerprint density at radius 2 is 1.62 bits per heavy atom. The standard InChI is InChI=1S/C14H16N8O4/c1-18-5-22(9-6(18)10(23)17-12(25)15-9)13-16-8-7(19(13)2)11(24)21(4)14(26)20(8)3/h5H2,1-4H3,(H2,15,17,23,25).